The minimum Gasteiger partial charge on any atom is -0.483 e. The Balaban J connectivity index is 2.64. The van der Waals surface area contributed by atoms with Crippen LogP contribution in [0.1, 0.15) is 31.4 Å². The van der Waals surface area contributed by atoms with Crippen LogP contribution in [0.5, 0.6) is 5.75 Å². The van der Waals surface area contributed by atoms with E-state index in [1.165, 1.54) is 5.56 Å². The molecule has 0 spiro atoms. The molecule has 4 heteroatoms. The number of carbonyl (C=O) groups is 1. The van der Waals surface area contributed by atoms with E-state index in [0.29, 0.717) is 6.54 Å². The molecule has 0 aliphatic heterocycles. The van der Waals surface area contributed by atoms with Gasteiger partial charge in [0.15, 0.2) is 6.61 Å². The molecule has 1 unspecified atom stereocenters. The molecular formula is C15H24N2O2. The number of hydrogen-bond acceptors (Lipinski definition) is 3. The monoisotopic (exact) mass is 264 g/mol. The van der Waals surface area contributed by atoms with Crippen molar-refractivity contribution in [3.63, 3.8) is 0 Å². The molecule has 0 aliphatic rings. The van der Waals surface area contributed by atoms with Gasteiger partial charge in [0.25, 0.3) is 5.91 Å². The van der Waals surface area contributed by atoms with Crippen LogP contribution in [0.4, 0.5) is 0 Å². The van der Waals surface area contributed by atoms with Crippen LogP contribution >= 0.6 is 0 Å². The summed E-state index contributed by atoms with van der Waals surface area (Å²) >= 11 is 0. The number of amides is 1. The van der Waals surface area contributed by atoms with Crippen LogP contribution in [-0.4, -0.2) is 25.1 Å². The molecule has 19 heavy (non-hydrogen) atoms. The van der Waals surface area contributed by atoms with Crippen LogP contribution < -0.4 is 15.8 Å². The van der Waals surface area contributed by atoms with Crippen molar-refractivity contribution < 1.29 is 9.53 Å². The highest BCUT2D eigenvalue weighted by Crippen LogP contribution is 2.21. The summed E-state index contributed by atoms with van der Waals surface area (Å²) < 4.78 is 5.58. The third kappa shape index (κ3) is 5.75. The molecule has 0 heterocycles. The molecular weight excluding hydrogens is 240 g/mol. The highest BCUT2D eigenvalue weighted by molar-refractivity contribution is 5.77. The molecule has 0 saturated heterocycles. The number of nitrogens with one attached hydrogen (secondary N) is 1. The number of rotatable bonds is 7. The maximum absolute atomic E-state index is 11.5. The van der Waals surface area contributed by atoms with E-state index in [4.69, 9.17) is 10.5 Å². The Hall–Kier alpha value is -1.55. The molecule has 1 amide bonds. The summed E-state index contributed by atoms with van der Waals surface area (Å²) in [6.07, 6.45) is 1.67. The van der Waals surface area contributed by atoms with Crippen LogP contribution in [0, 0.1) is 6.92 Å². The lowest BCUT2D eigenvalue weighted by atomic mass is 10.0. The number of nitrogens with two attached hydrogens (primary N) is 1. The highest BCUT2D eigenvalue weighted by Gasteiger charge is 2.08. The van der Waals surface area contributed by atoms with Crippen LogP contribution in [0.2, 0.25) is 0 Å². The third-order valence-corrected chi connectivity index (χ3v) is 2.69. The number of ether oxygens (including phenoxy) is 1. The van der Waals surface area contributed by atoms with Gasteiger partial charge in [-0.2, -0.15) is 0 Å². The average Bonchev–Trinajstić information content (AvgIpc) is 2.34. The average molecular weight is 264 g/mol. The van der Waals surface area contributed by atoms with Gasteiger partial charge in [-0.1, -0.05) is 24.6 Å². The second-order valence-corrected chi connectivity index (χ2v) is 4.93. The maximum atomic E-state index is 11.5. The SMILES string of the molecule is CCCNC(=O)COc1ccc(C)cc1CC(C)N. The highest BCUT2D eigenvalue weighted by atomic mass is 16.5. The molecule has 1 atom stereocenters. The van der Waals surface area contributed by atoms with E-state index in [1.807, 2.05) is 32.9 Å². The summed E-state index contributed by atoms with van der Waals surface area (Å²) in [4.78, 5) is 11.5. The second-order valence-electron chi connectivity index (χ2n) is 4.93. The molecule has 0 saturated carbocycles. The summed E-state index contributed by atoms with van der Waals surface area (Å²) in [5, 5.41) is 2.79. The molecule has 0 aromatic heterocycles. The molecule has 0 fully saturated rings. The molecule has 0 radical (unpaired) electrons. The minimum absolute atomic E-state index is 0.0506. The minimum atomic E-state index is -0.0887. The van der Waals surface area contributed by atoms with Crippen molar-refractivity contribution in [2.24, 2.45) is 5.73 Å². The van der Waals surface area contributed by atoms with Crippen LogP contribution in [-0.2, 0) is 11.2 Å². The van der Waals surface area contributed by atoms with E-state index >= 15 is 0 Å². The molecule has 1 aromatic rings. The normalized spacial score (nSPS) is 12.0. The molecule has 106 valence electrons. The van der Waals surface area contributed by atoms with E-state index in [-0.39, 0.29) is 18.6 Å². The smallest absolute Gasteiger partial charge is 0.257 e. The van der Waals surface area contributed by atoms with Gasteiger partial charge < -0.3 is 15.8 Å². The van der Waals surface area contributed by atoms with Crippen LogP contribution in [0.3, 0.4) is 0 Å². The van der Waals surface area contributed by atoms with E-state index in [9.17, 15) is 4.79 Å². The standard InChI is InChI=1S/C15H24N2O2/c1-4-7-17-15(18)10-19-14-6-5-11(2)8-13(14)9-12(3)16/h5-6,8,12H,4,7,9-10,16H2,1-3H3,(H,17,18). The summed E-state index contributed by atoms with van der Waals surface area (Å²) in [6, 6.07) is 6.00. The lowest BCUT2D eigenvalue weighted by Gasteiger charge is -2.14. The van der Waals surface area contributed by atoms with Crippen molar-refractivity contribution in [3.05, 3.63) is 29.3 Å². The van der Waals surface area contributed by atoms with Crippen molar-refractivity contribution in [3.8, 4) is 5.75 Å². The van der Waals surface area contributed by atoms with Gasteiger partial charge in [-0.3, -0.25) is 4.79 Å². The Bertz CT molecular complexity index is 417. The zero-order chi connectivity index (χ0) is 14.3. The predicted octanol–water partition coefficient (Wildman–Crippen LogP) is 1.79. The lowest BCUT2D eigenvalue weighted by molar-refractivity contribution is -0.123. The Kier molecular flexibility index (Phi) is 6.36. The fourth-order valence-electron chi connectivity index (χ4n) is 1.81. The summed E-state index contributed by atoms with van der Waals surface area (Å²) in [7, 11) is 0. The van der Waals surface area contributed by atoms with E-state index < -0.39 is 0 Å². The van der Waals surface area contributed by atoms with Gasteiger partial charge in [0, 0.05) is 12.6 Å². The largest absolute Gasteiger partial charge is 0.483 e. The fourth-order valence-corrected chi connectivity index (χ4v) is 1.81. The Morgan fingerprint density at radius 2 is 2.21 bits per heavy atom. The lowest BCUT2D eigenvalue weighted by Crippen LogP contribution is -2.29. The quantitative estimate of drug-likeness (QED) is 0.789. The Morgan fingerprint density at radius 3 is 2.84 bits per heavy atom. The van der Waals surface area contributed by atoms with Crippen LogP contribution in [0.25, 0.3) is 0 Å². The van der Waals surface area contributed by atoms with Crippen molar-refractivity contribution in [1.29, 1.82) is 0 Å². The molecule has 4 nitrogen and oxygen atoms in total. The van der Waals surface area contributed by atoms with Gasteiger partial charge in [0.05, 0.1) is 0 Å². The van der Waals surface area contributed by atoms with Gasteiger partial charge in [0.1, 0.15) is 5.75 Å². The van der Waals surface area contributed by atoms with Crippen molar-refractivity contribution in [2.75, 3.05) is 13.2 Å². The topological polar surface area (TPSA) is 64.3 Å². The number of aryl methyl sites for hydroxylation is 1. The van der Waals surface area contributed by atoms with Crippen LogP contribution in [0.15, 0.2) is 18.2 Å². The van der Waals surface area contributed by atoms with Gasteiger partial charge in [-0.25, -0.2) is 0 Å². The first kappa shape index (κ1) is 15.5. The molecule has 0 aliphatic carbocycles. The van der Waals surface area contributed by atoms with E-state index in [0.717, 1.165) is 24.2 Å². The summed E-state index contributed by atoms with van der Waals surface area (Å²) in [5.74, 6) is 0.656. The second kappa shape index (κ2) is 7.79. The molecule has 1 rings (SSSR count). The zero-order valence-electron chi connectivity index (χ0n) is 12.0. The molecule has 1 aromatic carbocycles. The predicted molar refractivity (Wildman–Crippen MR) is 77.3 cm³/mol. The number of carbonyl (C=O) groups excluding carboxylic acids is 1. The Morgan fingerprint density at radius 1 is 1.47 bits per heavy atom. The van der Waals surface area contributed by atoms with Crippen molar-refractivity contribution >= 4 is 5.91 Å². The van der Waals surface area contributed by atoms with Gasteiger partial charge in [-0.05, 0) is 38.3 Å². The fraction of sp³-hybridized carbons (Fsp3) is 0.533. The number of hydrogen-bond donors (Lipinski definition) is 2. The Labute approximate surface area is 115 Å². The first-order chi connectivity index (χ1) is 9.02. The van der Waals surface area contributed by atoms with E-state index in [1.54, 1.807) is 0 Å². The van der Waals surface area contributed by atoms with E-state index in [2.05, 4.69) is 11.4 Å². The summed E-state index contributed by atoms with van der Waals surface area (Å²) in [6.45, 7) is 6.74. The molecule has 0 bridgehead atoms. The maximum Gasteiger partial charge on any atom is 0.257 e. The molecule has 3 N–H and O–H groups in total. The number of benzene rings is 1. The zero-order valence-corrected chi connectivity index (χ0v) is 12.0. The van der Waals surface area contributed by atoms with Gasteiger partial charge in [0.2, 0.25) is 0 Å². The van der Waals surface area contributed by atoms with Crippen molar-refractivity contribution in [1.82, 2.24) is 5.32 Å². The first-order valence-electron chi connectivity index (χ1n) is 6.77. The summed E-state index contributed by atoms with van der Waals surface area (Å²) in [5.41, 5.74) is 8.05. The first-order valence-corrected chi connectivity index (χ1v) is 6.77. The van der Waals surface area contributed by atoms with Crippen molar-refractivity contribution in [2.45, 2.75) is 39.7 Å². The van der Waals surface area contributed by atoms with Gasteiger partial charge >= 0.3 is 0 Å². The third-order valence-electron chi connectivity index (χ3n) is 2.69. The van der Waals surface area contributed by atoms with Gasteiger partial charge in [-0.15, -0.1) is 0 Å².